The van der Waals surface area contributed by atoms with Crippen LogP contribution < -0.4 is 11.1 Å². The molecule has 0 aromatic heterocycles. The number of carbonyl (C=O) groups is 1. The third-order valence-corrected chi connectivity index (χ3v) is 2.19. The van der Waals surface area contributed by atoms with Crippen molar-refractivity contribution in [3.05, 3.63) is 0 Å². The minimum Gasteiger partial charge on any atom is -0.380 e. The van der Waals surface area contributed by atoms with Crippen LogP contribution in [0, 0.1) is 0 Å². The van der Waals surface area contributed by atoms with Gasteiger partial charge in [0.15, 0.2) is 0 Å². The van der Waals surface area contributed by atoms with Gasteiger partial charge in [-0.15, -0.1) is 0 Å². The minimum atomic E-state index is -0.569. The van der Waals surface area contributed by atoms with Crippen LogP contribution in [-0.2, 0) is 9.53 Å². The molecule has 0 bridgehead atoms. The Kier molecular flexibility index (Phi) is 3.27. The molecule has 0 aliphatic heterocycles. The van der Waals surface area contributed by atoms with Crippen LogP contribution in [0.1, 0.15) is 26.7 Å². The molecule has 1 aliphatic carbocycles. The first-order valence-corrected chi connectivity index (χ1v) is 4.76. The first-order valence-electron chi connectivity index (χ1n) is 4.76. The molecule has 76 valence electrons. The summed E-state index contributed by atoms with van der Waals surface area (Å²) in [4.78, 5) is 11.4. The number of ether oxygens (including phenoxy) is 1. The van der Waals surface area contributed by atoms with Crippen LogP contribution in [0.4, 0.5) is 0 Å². The minimum absolute atomic E-state index is 0.0419. The highest BCUT2D eigenvalue weighted by molar-refractivity contribution is 5.89. The summed E-state index contributed by atoms with van der Waals surface area (Å²) >= 11 is 0. The highest BCUT2D eigenvalue weighted by Crippen LogP contribution is 2.32. The number of nitrogens with one attached hydrogen (secondary N) is 1. The van der Waals surface area contributed by atoms with Crippen molar-refractivity contribution >= 4 is 5.91 Å². The fourth-order valence-electron chi connectivity index (χ4n) is 1.07. The molecule has 1 unspecified atom stereocenters. The molecular formula is C9H18N2O2. The van der Waals surface area contributed by atoms with Gasteiger partial charge < -0.3 is 15.8 Å². The van der Waals surface area contributed by atoms with Crippen LogP contribution >= 0.6 is 0 Å². The average Bonchev–Trinajstić information content (AvgIpc) is 2.81. The maximum Gasteiger partial charge on any atom is 0.240 e. The van der Waals surface area contributed by atoms with E-state index in [4.69, 9.17) is 10.5 Å². The Labute approximate surface area is 78.8 Å². The van der Waals surface area contributed by atoms with Gasteiger partial charge in [-0.05, 0) is 26.7 Å². The number of amides is 1. The number of carbonyl (C=O) groups excluding carboxylic acids is 1. The quantitative estimate of drug-likeness (QED) is 0.636. The largest absolute Gasteiger partial charge is 0.380 e. The number of rotatable bonds is 5. The standard InChI is InChI=1S/C9H18N2O2/c1-3-13-6-7(2)11-8(12)9(10)4-5-9/h7H,3-6,10H2,1-2H3,(H,11,12). The maximum atomic E-state index is 11.4. The van der Waals surface area contributed by atoms with Crippen molar-refractivity contribution in [1.29, 1.82) is 0 Å². The first kappa shape index (κ1) is 10.5. The Morgan fingerprint density at radius 1 is 1.69 bits per heavy atom. The lowest BCUT2D eigenvalue weighted by Gasteiger charge is -2.16. The van der Waals surface area contributed by atoms with Crippen molar-refractivity contribution in [2.45, 2.75) is 38.3 Å². The third kappa shape index (κ3) is 2.97. The second kappa shape index (κ2) is 4.07. The molecule has 1 amide bonds. The second-order valence-corrected chi connectivity index (χ2v) is 3.69. The van der Waals surface area contributed by atoms with Gasteiger partial charge in [0.05, 0.1) is 12.1 Å². The topological polar surface area (TPSA) is 64.3 Å². The van der Waals surface area contributed by atoms with Crippen LogP contribution in [0.15, 0.2) is 0 Å². The van der Waals surface area contributed by atoms with E-state index < -0.39 is 5.54 Å². The zero-order valence-corrected chi connectivity index (χ0v) is 8.30. The van der Waals surface area contributed by atoms with Crippen molar-refractivity contribution in [3.8, 4) is 0 Å². The number of hydrogen-bond donors (Lipinski definition) is 2. The summed E-state index contributed by atoms with van der Waals surface area (Å²) in [5.74, 6) is -0.0419. The van der Waals surface area contributed by atoms with E-state index in [0.717, 1.165) is 12.8 Å². The molecule has 0 aromatic carbocycles. The van der Waals surface area contributed by atoms with E-state index in [1.54, 1.807) is 0 Å². The van der Waals surface area contributed by atoms with E-state index in [0.29, 0.717) is 13.2 Å². The van der Waals surface area contributed by atoms with Gasteiger partial charge in [0, 0.05) is 12.6 Å². The number of hydrogen-bond acceptors (Lipinski definition) is 3. The van der Waals surface area contributed by atoms with Gasteiger partial charge in [-0.25, -0.2) is 0 Å². The zero-order valence-electron chi connectivity index (χ0n) is 8.30. The smallest absolute Gasteiger partial charge is 0.240 e. The molecule has 0 radical (unpaired) electrons. The summed E-state index contributed by atoms with van der Waals surface area (Å²) < 4.78 is 5.17. The van der Waals surface area contributed by atoms with Crippen LogP contribution in [0.2, 0.25) is 0 Å². The van der Waals surface area contributed by atoms with Crippen LogP contribution in [0.25, 0.3) is 0 Å². The molecule has 0 saturated heterocycles. The van der Waals surface area contributed by atoms with Crippen LogP contribution in [0.3, 0.4) is 0 Å². The Bertz CT molecular complexity index is 190. The van der Waals surface area contributed by atoms with E-state index in [9.17, 15) is 4.79 Å². The van der Waals surface area contributed by atoms with Crippen molar-refractivity contribution < 1.29 is 9.53 Å². The molecule has 4 nitrogen and oxygen atoms in total. The predicted octanol–water partition coefficient (Wildman–Crippen LogP) is 0.0189. The van der Waals surface area contributed by atoms with Crippen molar-refractivity contribution in [2.24, 2.45) is 5.73 Å². The van der Waals surface area contributed by atoms with Crippen LogP contribution in [0.5, 0.6) is 0 Å². The Balaban J connectivity index is 2.19. The van der Waals surface area contributed by atoms with Crippen molar-refractivity contribution in [3.63, 3.8) is 0 Å². The summed E-state index contributed by atoms with van der Waals surface area (Å²) in [7, 11) is 0. The lowest BCUT2D eigenvalue weighted by molar-refractivity contribution is -0.124. The Morgan fingerprint density at radius 3 is 2.77 bits per heavy atom. The maximum absolute atomic E-state index is 11.4. The van der Waals surface area contributed by atoms with E-state index in [2.05, 4.69) is 5.32 Å². The third-order valence-electron chi connectivity index (χ3n) is 2.19. The summed E-state index contributed by atoms with van der Waals surface area (Å²) in [6.45, 7) is 5.07. The van der Waals surface area contributed by atoms with Crippen molar-refractivity contribution in [2.75, 3.05) is 13.2 Å². The van der Waals surface area contributed by atoms with E-state index in [1.807, 2.05) is 13.8 Å². The van der Waals surface area contributed by atoms with Gasteiger partial charge in [0.25, 0.3) is 0 Å². The van der Waals surface area contributed by atoms with Gasteiger partial charge in [0.2, 0.25) is 5.91 Å². The molecule has 1 rings (SSSR count). The van der Waals surface area contributed by atoms with E-state index in [1.165, 1.54) is 0 Å². The lowest BCUT2D eigenvalue weighted by atomic mass is 10.2. The SMILES string of the molecule is CCOCC(C)NC(=O)C1(N)CC1. The molecule has 1 atom stereocenters. The lowest BCUT2D eigenvalue weighted by Crippen LogP contribution is -2.47. The molecule has 4 heteroatoms. The fraction of sp³-hybridized carbons (Fsp3) is 0.889. The van der Waals surface area contributed by atoms with Crippen LogP contribution in [-0.4, -0.2) is 30.7 Å². The molecule has 1 fully saturated rings. The summed E-state index contributed by atoms with van der Waals surface area (Å²) in [6, 6.07) is 0.0495. The monoisotopic (exact) mass is 186 g/mol. The molecule has 1 aliphatic rings. The van der Waals surface area contributed by atoms with Gasteiger partial charge in [-0.3, -0.25) is 4.79 Å². The summed E-state index contributed by atoms with van der Waals surface area (Å²) in [5.41, 5.74) is 5.15. The average molecular weight is 186 g/mol. The molecule has 13 heavy (non-hydrogen) atoms. The highest BCUT2D eigenvalue weighted by Gasteiger charge is 2.46. The summed E-state index contributed by atoms with van der Waals surface area (Å²) in [6.07, 6.45) is 1.61. The molecule has 3 N–H and O–H groups in total. The summed E-state index contributed by atoms with van der Waals surface area (Å²) in [5, 5.41) is 2.83. The van der Waals surface area contributed by atoms with Gasteiger partial charge in [-0.2, -0.15) is 0 Å². The molecule has 0 heterocycles. The van der Waals surface area contributed by atoms with E-state index >= 15 is 0 Å². The predicted molar refractivity (Wildman–Crippen MR) is 50.3 cm³/mol. The van der Waals surface area contributed by atoms with Gasteiger partial charge in [0.1, 0.15) is 0 Å². The first-order chi connectivity index (χ1) is 6.08. The molecular weight excluding hydrogens is 168 g/mol. The number of nitrogens with two attached hydrogens (primary N) is 1. The second-order valence-electron chi connectivity index (χ2n) is 3.69. The van der Waals surface area contributed by atoms with E-state index in [-0.39, 0.29) is 11.9 Å². The molecule has 0 aromatic rings. The highest BCUT2D eigenvalue weighted by atomic mass is 16.5. The van der Waals surface area contributed by atoms with Gasteiger partial charge in [-0.1, -0.05) is 0 Å². The molecule has 1 saturated carbocycles. The fourth-order valence-corrected chi connectivity index (χ4v) is 1.07. The van der Waals surface area contributed by atoms with Gasteiger partial charge >= 0.3 is 0 Å². The Morgan fingerprint density at radius 2 is 2.31 bits per heavy atom. The normalized spacial score (nSPS) is 20.8. The zero-order chi connectivity index (χ0) is 9.90. The van der Waals surface area contributed by atoms with Crippen molar-refractivity contribution in [1.82, 2.24) is 5.32 Å². The Hall–Kier alpha value is -0.610. The molecule has 0 spiro atoms.